The highest BCUT2D eigenvalue weighted by atomic mass is 32.2. The summed E-state index contributed by atoms with van der Waals surface area (Å²) in [6.07, 6.45) is -1.64. The summed E-state index contributed by atoms with van der Waals surface area (Å²) in [5, 5.41) is 17.8. The van der Waals surface area contributed by atoms with Crippen LogP contribution in [0.5, 0.6) is 0 Å². The lowest BCUT2D eigenvalue weighted by atomic mass is 9.85. The van der Waals surface area contributed by atoms with Crippen molar-refractivity contribution in [2.45, 2.75) is 30.7 Å². The number of aromatic nitrogens is 2. The number of fused-ring (bicyclic) bond motifs is 2. The highest BCUT2D eigenvalue weighted by Crippen LogP contribution is 2.60. The highest BCUT2D eigenvalue weighted by molar-refractivity contribution is 7.88. The number of nitrogens with zero attached hydrogens (tertiary/aromatic N) is 1. The molecule has 2 unspecified atom stereocenters. The van der Waals surface area contributed by atoms with Crippen LogP contribution >= 0.6 is 0 Å². The Labute approximate surface area is 141 Å². The molecular formula is C15H16F3N3O3S. The first kappa shape index (κ1) is 16.8. The van der Waals surface area contributed by atoms with Gasteiger partial charge in [0, 0.05) is 11.4 Å². The van der Waals surface area contributed by atoms with Crippen molar-refractivity contribution in [2.24, 2.45) is 11.8 Å². The Hall–Kier alpha value is -1.65. The van der Waals surface area contributed by atoms with Crippen molar-refractivity contribution in [3.8, 4) is 0 Å². The van der Waals surface area contributed by atoms with E-state index in [9.17, 15) is 26.7 Å². The lowest BCUT2D eigenvalue weighted by Crippen LogP contribution is -2.33. The average Bonchev–Trinajstić information content (AvgIpc) is 2.89. The van der Waals surface area contributed by atoms with E-state index >= 15 is 0 Å². The molecule has 2 fully saturated rings. The molecule has 4 atom stereocenters. The molecule has 0 amide bonds. The van der Waals surface area contributed by atoms with Crippen molar-refractivity contribution in [3.05, 3.63) is 29.5 Å². The van der Waals surface area contributed by atoms with Crippen LogP contribution in [-0.2, 0) is 21.8 Å². The zero-order chi connectivity index (χ0) is 18.2. The van der Waals surface area contributed by atoms with Gasteiger partial charge in [0.1, 0.15) is 0 Å². The summed E-state index contributed by atoms with van der Waals surface area (Å²) in [5.41, 5.74) is -1.87. The van der Waals surface area contributed by atoms with Crippen molar-refractivity contribution in [3.63, 3.8) is 0 Å². The molecule has 6 nitrogen and oxygen atoms in total. The van der Waals surface area contributed by atoms with Gasteiger partial charge >= 0.3 is 6.18 Å². The summed E-state index contributed by atoms with van der Waals surface area (Å²) in [7, 11) is -3.35. The van der Waals surface area contributed by atoms with Crippen molar-refractivity contribution < 1.29 is 26.7 Å². The monoisotopic (exact) mass is 375 g/mol. The molecule has 0 aliphatic heterocycles. The largest absolute Gasteiger partial charge is 0.416 e. The molecule has 25 heavy (non-hydrogen) atoms. The quantitative estimate of drug-likeness (QED) is 0.761. The Morgan fingerprint density at radius 1 is 1.32 bits per heavy atom. The molecule has 0 radical (unpaired) electrons. The zero-order valence-electron chi connectivity index (χ0n) is 13.1. The van der Waals surface area contributed by atoms with Crippen molar-refractivity contribution in [1.82, 2.24) is 14.9 Å². The van der Waals surface area contributed by atoms with Gasteiger partial charge in [-0.2, -0.15) is 18.3 Å². The first-order valence-electron chi connectivity index (χ1n) is 7.72. The normalized spacial score (nSPS) is 32.1. The number of nitrogens with one attached hydrogen (secondary N) is 2. The Morgan fingerprint density at radius 2 is 1.96 bits per heavy atom. The molecular weight excluding hydrogens is 359 g/mol. The Balaban J connectivity index is 1.68. The molecule has 10 heteroatoms. The Kier molecular flexibility index (Phi) is 3.33. The molecule has 136 valence electrons. The minimum atomic E-state index is -4.54. The number of sulfonamides is 1. The van der Waals surface area contributed by atoms with E-state index in [2.05, 4.69) is 14.9 Å². The van der Waals surface area contributed by atoms with Crippen LogP contribution in [0.4, 0.5) is 13.2 Å². The summed E-state index contributed by atoms with van der Waals surface area (Å²) in [6, 6.07) is 1.70. The summed E-state index contributed by atoms with van der Waals surface area (Å²) in [6.45, 7) is 0. The molecule has 4 rings (SSSR count). The zero-order valence-corrected chi connectivity index (χ0v) is 13.9. The fourth-order valence-corrected chi connectivity index (χ4v) is 4.95. The topological polar surface area (TPSA) is 95.1 Å². The van der Waals surface area contributed by atoms with E-state index in [1.54, 1.807) is 0 Å². The third-order valence-electron chi connectivity index (χ3n) is 5.22. The molecule has 1 aromatic heterocycles. The smallest absolute Gasteiger partial charge is 0.385 e. The number of hydrogen-bond donors (Lipinski definition) is 3. The Morgan fingerprint density at radius 3 is 2.52 bits per heavy atom. The third-order valence-corrected chi connectivity index (χ3v) is 5.92. The van der Waals surface area contributed by atoms with Gasteiger partial charge in [-0.15, -0.1) is 0 Å². The number of H-pyrrole nitrogens is 1. The van der Waals surface area contributed by atoms with Crippen LogP contribution < -0.4 is 4.72 Å². The second-order valence-electron chi connectivity index (χ2n) is 7.04. The van der Waals surface area contributed by atoms with Crippen LogP contribution in [-0.4, -0.2) is 36.0 Å². The highest BCUT2D eigenvalue weighted by Gasteiger charge is 2.62. The van der Waals surface area contributed by atoms with Gasteiger partial charge in [0.25, 0.3) is 0 Å². The van der Waals surface area contributed by atoms with Crippen LogP contribution in [0.3, 0.4) is 0 Å². The first-order chi connectivity index (χ1) is 11.5. The fourth-order valence-electron chi connectivity index (χ4n) is 4.11. The van der Waals surface area contributed by atoms with Crippen molar-refractivity contribution >= 4 is 20.9 Å². The van der Waals surface area contributed by atoms with E-state index in [4.69, 9.17) is 0 Å². The van der Waals surface area contributed by atoms with E-state index in [1.165, 1.54) is 6.20 Å². The maximum absolute atomic E-state index is 13.2. The van der Waals surface area contributed by atoms with Gasteiger partial charge in [0.2, 0.25) is 10.0 Å². The number of aromatic amines is 1. The predicted octanol–water partition coefficient (Wildman–Crippen LogP) is 1.73. The summed E-state index contributed by atoms with van der Waals surface area (Å²) in [5.74, 6) is -0.146. The fraction of sp³-hybridized carbons (Fsp3) is 0.533. The Bertz CT molecular complexity index is 942. The maximum Gasteiger partial charge on any atom is 0.416 e. The van der Waals surface area contributed by atoms with E-state index in [1.807, 2.05) is 0 Å². The van der Waals surface area contributed by atoms with Gasteiger partial charge in [-0.3, -0.25) is 5.10 Å². The van der Waals surface area contributed by atoms with Crippen LogP contribution in [0.1, 0.15) is 24.0 Å². The SMILES string of the molecule is CS(=O)(=O)NC1[C@H]2CC(O)(c3cc(C(F)(F)F)cc4[nH]ncc34)C[C@@H]12. The van der Waals surface area contributed by atoms with Crippen LogP contribution in [0.2, 0.25) is 0 Å². The number of aliphatic hydroxyl groups is 1. The van der Waals surface area contributed by atoms with E-state index in [0.717, 1.165) is 18.4 Å². The van der Waals surface area contributed by atoms with Crippen LogP contribution in [0.15, 0.2) is 18.3 Å². The van der Waals surface area contributed by atoms with Gasteiger partial charge in [0.05, 0.1) is 29.1 Å². The van der Waals surface area contributed by atoms with Gasteiger partial charge in [-0.05, 0) is 42.4 Å². The van der Waals surface area contributed by atoms with Crippen molar-refractivity contribution in [1.29, 1.82) is 0 Å². The molecule has 2 saturated carbocycles. The standard InChI is InChI=1S/C15H16F3N3O3S/c1-25(23,24)21-13-8-4-14(22,5-9(8)13)11-2-7(15(16,17)18)3-12-10(11)6-19-20-12/h2-3,6,8-9,13,21-22H,4-5H2,1H3,(H,19,20)/t8-,9+,13?,14?. The van der Waals surface area contributed by atoms with Crippen LogP contribution in [0, 0.1) is 11.8 Å². The van der Waals surface area contributed by atoms with Crippen molar-refractivity contribution in [2.75, 3.05) is 6.26 Å². The molecule has 3 N–H and O–H groups in total. The van der Waals surface area contributed by atoms with E-state index in [-0.39, 0.29) is 41.8 Å². The lowest BCUT2D eigenvalue weighted by molar-refractivity contribution is -0.137. The molecule has 1 heterocycles. The van der Waals surface area contributed by atoms with Gasteiger partial charge in [-0.1, -0.05) is 0 Å². The van der Waals surface area contributed by atoms with E-state index < -0.39 is 27.4 Å². The molecule has 2 aliphatic rings. The molecule has 2 aromatic rings. The van der Waals surface area contributed by atoms with Gasteiger partial charge < -0.3 is 5.11 Å². The molecule has 0 saturated heterocycles. The lowest BCUT2D eigenvalue weighted by Gasteiger charge is -2.28. The number of benzene rings is 1. The second-order valence-corrected chi connectivity index (χ2v) is 8.82. The first-order valence-corrected chi connectivity index (χ1v) is 9.62. The van der Waals surface area contributed by atoms with E-state index in [0.29, 0.717) is 5.39 Å². The second kappa shape index (κ2) is 4.95. The minimum absolute atomic E-state index is 0.0729. The average molecular weight is 375 g/mol. The third kappa shape index (κ3) is 2.81. The maximum atomic E-state index is 13.2. The number of halogens is 3. The summed E-state index contributed by atoms with van der Waals surface area (Å²) in [4.78, 5) is 0. The van der Waals surface area contributed by atoms with Gasteiger partial charge in [0.15, 0.2) is 0 Å². The summed E-state index contributed by atoms with van der Waals surface area (Å²) < 4.78 is 64.6. The number of alkyl halides is 3. The molecule has 2 aliphatic carbocycles. The molecule has 1 aromatic carbocycles. The number of rotatable bonds is 3. The molecule has 0 bridgehead atoms. The van der Waals surface area contributed by atoms with Crippen LogP contribution in [0.25, 0.3) is 10.9 Å². The minimum Gasteiger partial charge on any atom is -0.385 e. The van der Waals surface area contributed by atoms with Gasteiger partial charge in [-0.25, -0.2) is 13.1 Å². The predicted molar refractivity (Wildman–Crippen MR) is 83.0 cm³/mol. The number of hydrogen-bond acceptors (Lipinski definition) is 4. The molecule has 0 spiro atoms. The summed E-state index contributed by atoms with van der Waals surface area (Å²) >= 11 is 0.